The van der Waals surface area contributed by atoms with Crippen LogP contribution in [0.3, 0.4) is 0 Å². The van der Waals surface area contributed by atoms with E-state index in [4.69, 9.17) is 11.6 Å². The van der Waals surface area contributed by atoms with Crippen LogP contribution in [0, 0.1) is 0 Å². The van der Waals surface area contributed by atoms with Gasteiger partial charge in [0.05, 0.1) is 4.34 Å². The molecule has 0 fully saturated rings. The van der Waals surface area contributed by atoms with E-state index in [1.54, 1.807) is 11.3 Å². The second kappa shape index (κ2) is 4.27. The zero-order valence-electron chi connectivity index (χ0n) is 5.76. The van der Waals surface area contributed by atoms with Gasteiger partial charge in [-0.15, -0.1) is 11.3 Å². The molecule has 0 saturated carbocycles. The molecule has 1 rings (SSSR count). The first kappa shape index (κ1) is 8.44. The smallest absolute Gasteiger partial charge is 0.0931 e. The van der Waals surface area contributed by atoms with E-state index in [2.05, 4.69) is 13.0 Å². The van der Waals surface area contributed by atoms with Crippen LogP contribution >= 0.6 is 34.7 Å². The minimum absolute atomic E-state index is 0.895. The molecule has 0 aliphatic rings. The lowest BCUT2D eigenvalue weighted by atomic mass is 10.5. The van der Waals surface area contributed by atoms with Gasteiger partial charge in [0.2, 0.25) is 0 Å². The Kier molecular flexibility index (Phi) is 3.60. The summed E-state index contributed by atoms with van der Waals surface area (Å²) < 4.78 is 0.895. The van der Waals surface area contributed by atoms with Gasteiger partial charge < -0.3 is 0 Å². The van der Waals surface area contributed by atoms with Crippen molar-refractivity contribution in [1.29, 1.82) is 0 Å². The first-order chi connectivity index (χ1) is 4.83. The molecule has 0 atom stereocenters. The topological polar surface area (TPSA) is 0 Å². The second-order valence-electron chi connectivity index (χ2n) is 1.84. The summed E-state index contributed by atoms with van der Waals surface area (Å²) >= 11 is 9.35. The van der Waals surface area contributed by atoms with Crippen molar-refractivity contribution in [3.05, 3.63) is 21.3 Å². The van der Waals surface area contributed by atoms with Gasteiger partial charge in [-0.1, -0.05) is 18.5 Å². The number of thiophene rings is 1. The summed E-state index contributed by atoms with van der Waals surface area (Å²) in [4.78, 5) is 1.37. The molecular formula is C7H9ClS2. The Morgan fingerprint density at radius 2 is 2.40 bits per heavy atom. The van der Waals surface area contributed by atoms with Gasteiger partial charge in [0.25, 0.3) is 0 Å². The van der Waals surface area contributed by atoms with Gasteiger partial charge in [0.1, 0.15) is 0 Å². The summed E-state index contributed by atoms with van der Waals surface area (Å²) in [5.74, 6) is 2.28. The molecule has 0 aliphatic carbocycles. The first-order valence-corrected chi connectivity index (χ1v) is 5.50. The van der Waals surface area contributed by atoms with Gasteiger partial charge >= 0.3 is 0 Å². The maximum atomic E-state index is 5.75. The van der Waals surface area contributed by atoms with E-state index < -0.39 is 0 Å². The standard InChI is InChI=1S/C7H9ClS2/c1-2-9-5-6-3-4-7(8)10-6/h3-4H,2,5H2,1H3. The molecule has 0 aromatic carbocycles. The lowest BCUT2D eigenvalue weighted by Crippen LogP contribution is -1.71. The van der Waals surface area contributed by atoms with Gasteiger partial charge in [-0.05, 0) is 17.9 Å². The predicted molar refractivity (Wildman–Crippen MR) is 51.2 cm³/mol. The summed E-state index contributed by atoms with van der Waals surface area (Å²) in [6.45, 7) is 2.17. The van der Waals surface area contributed by atoms with E-state index in [-0.39, 0.29) is 0 Å². The third-order valence-corrected chi connectivity index (χ3v) is 3.41. The van der Waals surface area contributed by atoms with Crippen LogP contribution in [0.4, 0.5) is 0 Å². The fraction of sp³-hybridized carbons (Fsp3) is 0.429. The molecule has 0 bridgehead atoms. The molecule has 10 heavy (non-hydrogen) atoms. The third-order valence-electron chi connectivity index (χ3n) is 1.08. The van der Waals surface area contributed by atoms with Crippen LogP contribution in [0.5, 0.6) is 0 Å². The van der Waals surface area contributed by atoms with Gasteiger partial charge in [0.15, 0.2) is 0 Å². The van der Waals surface area contributed by atoms with Crippen LogP contribution in [-0.2, 0) is 5.75 Å². The fourth-order valence-corrected chi connectivity index (χ4v) is 2.50. The molecule has 0 nitrogen and oxygen atoms in total. The van der Waals surface area contributed by atoms with Crippen LogP contribution in [0.2, 0.25) is 4.34 Å². The average Bonchev–Trinajstić information content (AvgIpc) is 2.31. The zero-order valence-corrected chi connectivity index (χ0v) is 8.15. The van der Waals surface area contributed by atoms with Crippen LogP contribution in [-0.4, -0.2) is 5.75 Å². The van der Waals surface area contributed by atoms with Crippen molar-refractivity contribution in [3.8, 4) is 0 Å². The largest absolute Gasteiger partial charge is 0.157 e. The third kappa shape index (κ3) is 2.52. The summed E-state index contributed by atoms with van der Waals surface area (Å²) in [6, 6.07) is 4.05. The first-order valence-electron chi connectivity index (χ1n) is 3.15. The van der Waals surface area contributed by atoms with Crippen molar-refractivity contribution in [3.63, 3.8) is 0 Å². The Balaban J connectivity index is 2.42. The number of hydrogen-bond acceptors (Lipinski definition) is 2. The summed E-state index contributed by atoms with van der Waals surface area (Å²) in [7, 11) is 0. The zero-order chi connectivity index (χ0) is 7.40. The highest BCUT2D eigenvalue weighted by molar-refractivity contribution is 7.98. The fourth-order valence-electron chi connectivity index (χ4n) is 0.632. The van der Waals surface area contributed by atoms with Crippen molar-refractivity contribution in [1.82, 2.24) is 0 Å². The highest BCUT2D eigenvalue weighted by atomic mass is 35.5. The van der Waals surface area contributed by atoms with Gasteiger partial charge in [-0.25, -0.2) is 0 Å². The molecule has 0 amide bonds. The highest BCUT2D eigenvalue weighted by Crippen LogP contribution is 2.24. The van der Waals surface area contributed by atoms with E-state index in [1.165, 1.54) is 10.6 Å². The quantitative estimate of drug-likeness (QED) is 0.705. The van der Waals surface area contributed by atoms with Crippen LogP contribution in [0.1, 0.15) is 11.8 Å². The van der Waals surface area contributed by atoms with Gasteiger partial charge in [-0.3, -0.25) is 0 Å². The highest BCUT2D eigenvalue weighted by Gasteiger charge is 1.95. The molecule has 0 spiro atoms. The van der Waals surface area contributed by atoms with Crippen molar-refractivity contribution < 1.29 is 0 Å². The Morgan fingerprint density at radius 1 is 1.60 bits per heavy atom. The van der Waals surface area contributed by atoms with Gasteiger partial charge in [-0.2, -0.15) is 11.8 Å². The normalized spacial score (nSPS) is 10.2. The van der Waals surface area contributed by atoms with Crippen molar-refractivity contribution in [2.75, 3.05) is 5.75 Å². The van der Waals surface area contributed by atoms with Gasteiger partial charge in [0, 0.05) is 10.6 Å². The summed E-state index contributed by atoms with van der Waals surface area (Å²) in [5.41, 5.74) is 0. The lowest BCUT2D eigenvalue weighted by molar-refractivity contribution is 1.47. The monoisotopic (exact) mass is 192 g/mol. The Morgan fingerprint density at radius 3 is 2.90 bits per heavy atom. The van der Waals surface area contributed by atoms with Crippen molar-refractivity contribution >= 4 is 34.7 Å². The second-order valence-corrected chi connectivity index (χ2v) is 4.92. The molecule has 1 aromatic heterocycles. The number of hydrogen-bond donors (Lipinski definition) is 0. The number of thioether (sulfide) groups is 1. The van der Waals surface area contributed by atoms with Crippen molar-refractivity contribution in [2.24, 2.45) is 0 Å². The minimum atomic E-state index is 0.895. The van der Waals surface area contributed by atoms with Crippen LogP contribution < -0.4 is 0 Å². The molecule has 1 aromatic rings. The Hall–Kier alpha value is 0.340. The van der Waals surface area contributed by atoms with E-state index in [9.17, 15) is 0 Å². The maximum absolute atomic E-state index is 5.75. The minimum Gasteiger partial charge on any atom is -0.157 e. The lowest BCUT2D eigenvalue weighted by Gasteiger charge is -1.91. The SMILES string of the molecule is CCSCc1ccc(Cl)s1. The molecule has 56 valence electrons. The Bertz CT molecular complexity index is 195. The van der Waals surface area contributed by atoms with E-state index >= 15 is 0 Å². The summed E-state index contributed by atoms with van der Waals surface area (Å²) in [6.07, 6.45) is 0. The maximum Gasteiger partial charge on any atom is 0.0931 e. The van der Waals surface area contributed by atoms with Crippen LogP contribution in [0.25, 0.3) is 0 Å². The average molecular weight is 193 g/mol. The molecule has 0 radical (unpaired) electrons. The molecule has 0 N–H and O–H groups in total. The molecule has 0 saturated heterocycles. The molecule has 3 heteroatoms. The molecule has 0 aliphatic heterocycles. The molecule has 1 heterocycles. The van der Waals surface area contributed by atoms with E-state index in [1.807, 2.05) is 17.8 Å². The predicted octanol–water partition coefficient (Wildman–Crippen LogP) is 3.65. The van der Waals surface area contributed by atoms with Crippen LogP contribution in [0.15, 0.2) is 12.1 Å². The van der Waals surface area contributed by atoms with E-state index in [0.29, 0.717) is 0 Å². The van der Waals surface area contributed by atoms with E-state index in [0.717, 1.165) is 10.1 Å². The number of halogens is 1. The Labute approximate surface area is 74.6 Å². The molecular weight excluding hydrogens is 184 g/mol. The number of rotatable bonds is 3. The summed E-state index contributed by atoms with van der Waals surface area (Å²) in [5, 5.41) is 0. The molecule has 0 unspecified atom stereocenters. The van der Waals surface area contributed by atoms with Crippen molar-refractivity contribution in [2.45, 2.75) is 12.7 Å².